The van der Waals surface area contributed by atoms with Gasteiger partial charge in [0.1, 0.15) is 0 Å². The summed E-state index contributed by atoms with van der Waals surface area (Å²) in [6.07, 6.45) is 1.80. The second-order valence-corrected chi connectivity index (χ2v) is 3.67. The summed E-state index contributed by atoms with van der Waals surface area (Å²) in [5.74, 6) is 0.527. The van der Waals surface area contributed by atoms with E-state index in [4.69, 9.17) is 4.74 Å². The van der Waals surface area contributed by atoms with Crippen LogP contribution < -0.4 is 5.32 Å². The van der Waals surface area contributed by atoms with Crippen LogP contribution in [0, 0.1) is 5.92 Å². The van der Waals surface area contributed by atoms with Gasteiger partial charge in [0.25, 0.3) is 0 Å². The molecule has 1 unspecified atom stereocenters. The SMILES string of the molecule is COCC(C)CNc1nccs1. The van der Waals surface area contributed by atoms with Gasteiger partial charge in [-0.1, -0.05) is 6.92 Å². The van der Waals surface area contributed by atoms with Crippen LogP contribution >= 0.6 is 11.3 Å². The van der Waals surface area contributed by atoms with E-state index in [0.29, 0.717) is 5.92 Å². The van der Waals surface area contributed by atoms with Gasteiger partial charge in [0.15, 0.2) is 5.13 Å². The molecule has 1 aromatic heterocycles. The van der Waals surface area contributed by atoms with Gasteiger partial charge >= 0.3 is 0 Å². The van der Waals surface area contributed by atoms with Crippen molar-refractivity contribution in [3.63, 3.8) is 0 Å². The molecule has 1 aromatic rings. The first-order valence-corrected chi connectivity index (χ1v) is 4.83. The van der Waals surface area contributed by atoms with Crippen LogP contribution in [0.25, 0.3) is 0 Å². The van der Waals surface area contributed by atoms with Gasteiger partial charge in [-0.3, -0.25) is 0 Å². The van der Waals surface area contributed by atoms with Gasteiger partial charge in [-0.15, -0.1) is 11.3 Å². The molecule has 1 rings (SSSR count). The highest BCUT2D eigenvalue weighted by atomic mass is 32.1. The smallest absolute Gasteiger partial charge is 0.182 e. The van der Waals surface area contributed by atoms with Crippen molar-refractivity contribution in [2.45, 2.75) is 6.92 Å². The third-order valence-electron chi connectivity index (χ3n) is 1.49. The third-order valence-corrected chi connectivity index (χ3v) is 2.22. The zero-order valence-corrected chi connectivity index (χ0v) is 8.23. The van der Waals surface area contributed by atoms with Crippen LogP contribution in [-0.2, 0) is 4.74 Å². The molecule has 0 aliphatic rings. The summed E-state index contributed by atoms with van der Waals surface area (Å²) in [7, 11) is 1.72. The molecule has 3 nitrogen and oxygen atoms in total. The molecule has 0 bridgehead atoms. The highest BCUT2D eigenvalue weighted by molar-refractivity contribution is 7.13. The first-order valence-electron chi connectivity index (χ1n) is 3.95. The summed E-state index contributed by atoms with van der Waals surface area (Å²) in [5.41, 5.74) is 0. The maximum Gasteiger partial charge on any atom is 0.182 e. The Kier molecular flexibility index (Phi) is 4.04. The van der Waals surface area contributed by atoms with Gasteiger partial charge in [0, 0.05) is 25.2 Å². The van der Waals surface area contributed by atoms with E-state index in [1.165, 1.54) is 0 Å². The normalized spacial score (nSPS) is 12.8. The summed E-state index contributed by atoms with van der Waals surface area (Å²) in [4.78, 5) is 4.11. The van der Waals surface area contributed by atoms with E-state index in [1.807, 2.05) is 5.38 Å². The van der Waals surface area contributed by atoms with E-state index in [0.717, 1.165) is 18.3 Å². The fourth-order valence-corrected chi connectivity index (χ4v) is 1.45. The predicted octanol–water partition coefficient (Wildman–Crippen LogP) is 1.84. The van der Waals surface area contributed by atoms with Crippen LogP contribution in [0.1, 0.15) is 6.92 Å². The van der Waals surface area contributed by atoms with Crippen molar-refractivity contribution in [3.8, 4) is 0 Å². The molecular weight excluding hydrogens is 172 g/mol. The molecule has 1 N–H and O–H groups in total. The van der Waals surface area contributed by atoms with Crippen molar-refractivity contribution < 1.29 is 4.74 Å². The molecule has 1 heterocycles. The summed E-state index contributed by atoms with van der Waals surface area (Å²) in [6, 6.07) is 0. The first kappa shape index (κ1) is 9.48. The minimum Gasteiger partial charge on any atom is -0.384 e. The zero-order valence-electron chi connectivity index (χ0n) is 7.41. The van der Waals surface area contributed by atoms with Crippen molar-refractivity contribution in [1.82, 2.24) is 4.98 Å². The number of rotatable bonds is 5. The monoisotopic (exact) mass is 186 g/mol. The summed E-state index contributed by atoms with van der Waals surface area (Å²) in [5, 5.41) is 6.18. The molecule has 0 spiro atoms. The molecule has 0 aromatic carbocycles. The van der Waals surface area contributed by atoms with Gasteiger partial charge in [-0.25, -0.2) is 4.98 Å². The number of aromatic nitrogens is 1. The molecule has 0 amide bonds. The fourth-order valence-electron chi connectivity index (χ4n) is 0.916. The molecule has 0 aliphatic carbocycles. The molecule has 4 heteroatoms. The Morgan fingerprint density at radius 3 is 3.17 bits per heavy atom. The number of nitrogens with one attached hydrogen (secondary N) is 1. The molecule has 0 aliphatic heterocycles. The lowest BCUT2D eigenvalue weighted by molar-refractivity contribution is 0.164. The highest BCUT2D eigenvalue weighted by Crippen LogP contribution is 2.10. The second-order valence-electron chi connectivity index (χ2n) is 2.78. The molecule has 0 fully saturated rings. The Balaban J connectivity index is 2.17. The van der Waals surface area contributed by atoms with Crippen LogP contribution in [0.3, 0.4) is 0 Å². The quantitative estimate of drug-likeness (QED) is 0.762. The molecule has 12 heavy (non-hydrogen) atoms. The summed E-state index contributed by atoms with van der Waals surface area (Å²) in [6.45, 7) is 3.85. The number of thiazole rings is 1. The van der Waals surface area contributed by atoms with Crippen molar-refractivity contribution >= 4 is 16.5 Å². The third kappa shape index (κ3) is 3.19. The van der Waals surface area contributed by atoms with Gasteiger partial charge in [-0.05, 0) is 5.92 Å². The standard InChI is InChI=1S/C8H14N2OS/c1-7(6-11-2)5-10-8-9-3-4-12-8/h3-4,7H,5-6H2,1-2H3,(H,9,10). The average Bonchev–Trinajstić information content (AvgIpc) is 2.53. The molecule has 0 saturated carbocycles. The Hall–Kier alpha value is -0.610. The van der Waals surface area contributed by atoms with Crippen molar-refractivity contribution in [2.24, 2.45) is 5.92 Å². The van der Waals surface area contributed by atoms with Crippen LogP contribution in [0.4, 0.5) is 5.13 Å². The van der Waals surface area contributed by atoms with Crippen LogP contribution in [-0.4, -0.2) is 25.2 Å². The minimum absolute atomic E-state index is 0.527. The van der Waals surface area contributed by atoms with E-state index < -0.39 is 0 Å². The number of methoxy groups -OCH3 is 1. The van der Waals surface area contributed by atoms with Gasteiger partial charge in [0.2, 0.25) is 0 Å². The maximum absolute atomic E-state index is 5.02. The summed E-state index contributed by atoms with van der Waals surface area (Å²) >= 11 is 1.62. The van der Waals surface area contributed by atoms with E-state index in [-0.39, 0.29) is 0 Å². The Labute approximate surface area is 76.8 Å². The molecule has 0 radical (unpaired) electrons. The number of nitrogens with zero attached hydrogens (tertiary/aromatic N) is 1. The molecular formula is C8H14N2OS. The maximum atomic E-state index is 5.02. The fraction of sp³-hybridized carbons (Fsp3) is 0.625. The largest absolute Gasteiger partial charge is 0.384 e. The number of hydrogen-bond donors (Lipinski definition) is 1. The van der Waals surface area contributed by atoms with E-state index in [1.54, 1.807) is 24.6 Å². The number of ether oxygens (including phenoxy) is 1. The van der Waals surface area contributed by atoms with Gasteiger partial charge < -0.3 is 10.1 Å². The lowest BCUT2D eigenvalue weighted by atomic mass is 10.2. The average molecular weight is 186 g/mol. The molecule has 1 atom stereocenters. The minimum atomic E-state index is 0.527. The van der Waals surface area contributed by atoms with Gasteiger partial charge in [0.05, 0.1) is 6.61 Å². The van der Waals surface area contributed by atoms with E-state index in [2.05, 4.69) is 17.2 Å². The zero-order chi connectivity index (χ0) is 8.81. The number of anilines is 1. The van der Waals surface area contributed by atoms with E-state index in [9.17, 15) is 0 Å². The van der Waals surface area contributed by atoms with E-state index >= 15 is 0 Å². The topological polar surface area (TPSA) is 34.1 Å². The van der Waals surface area contributed by atoms with Crippen LogP contribution in [0.2, 0.25) is 0 Å². The van der Waals surface area contributed by atoms with Crippen molar-refractivity contribution in [3.05, 3.63) is 11.6 Å². The predicted molar refractivity (Wildman–Crippen MR) is 51.6 cm³/mol. The van der Waals surface area contributed by atoms with Crippen LogP contribution in [0.5, 0.6) is 0 Å². The highest BCUT2D eigenvalue weighted by Gasteiger charge is 2.01. The lowest BCUT2D eigenvalue weighted by Gasteiger charge is -2.09. The second kappa shape index (κ2) is 5.11. The Morgan fingerprint density at radius 1 is 1.75 bits per heavy atom. The van der Waals surface area contributed by atoms with Crippen molar-refractivity contribution in [2.75, 3.05) is 25.6 Å². The summed E-state index contributed by atoms with van der Waals surface area (Å²) < 4.78 is 5.02. The lowest BCUT2D eigenvalue weighted by Crippen LogP contribution is -2.15. The van der Waals surface area contributed by atoms with Crippen molar-refractivity contribution in [1.29, 1.82) is 0 Å². The number of hydrogen-bond acceptors (Lipinski definition) is 4. The Bertz CT molecular complexity index is 201. The molecule has 0 saturated heterocycles. The Morgan fingerprint density at radius 2 is 2.58 bits per heavy atom. The molecule has 68 valence electrons. The first-order chi connectivity index (χ1) is 5.83. The van der Waals surface area contributed by atoms with Gasteiger partial charge in [-0.2, -0.15) is 0 Å². The van der Waals surface area contributed by atoms with Crippen LogP contribution in [0.15, 0.2) is 11.6 Å².